The molecule has 0 unspecified atom stereocenters. The van der Waals surface area contributed by atoms with Crippen molar-refractivity contribution in [3.8, 4) is 11.5 Å². The molecule has 1 aliphatic rings. The molecule has 2 N–H and O–H groups in total. The highest BCUT2D eigenvalue weighted by atomic mass is 19.4. The summed E-state index contributed by atoms with van der Waals surface area (Å²) in [7, 11) is 0. The summed E-state index contributed by atoms with van der Waals surface area (Å²) in [6.07, 6.45) is -4.55. The number of benzene rings is 3. The number of aryl methyl sites for hydroxylation is 1. The van der Waals surface area contributed by atoms with Crippen LogP contribution in [-0.2, 0) is 6.18 Å². The van der Waals surface area contributed by atoms with Crippen LogP contribution in [0, 0.1) is 6.92 Å². The van der Waals surface area contributed by atoms with Crippen LogP contribution in [0.3, 0.4) is 0 Å². The summed E-state index contributed by atoms with van der Waals surface area (Å²) < 4.78 is 44.4. The summed E-state index contributed by atoms with van der Waals surface area (Å²) in [5, 5.41) is 5.27. The number of hydrogen-bond donors (Lipinski definition) is 2. The van der Waals surface area contributed by atoms with Gasteiger partial charge in [0.05, 0.1) is 16.8 Å². The van der Waals surface area contributed by atoms with E-state index in [-0.39, 0.29) is 16.8 Å². The fourth-order valence-electron chi connectivity index (χ4n) is 3.05. The molecule has 3 aromatic carbocycles. The fraction of sp³-hybridized carbons (Fsp3) is 0.0909. The van der Waals surface area contributed by atoms with E-state index in [4.69, 9.17) is 4.74 Å². The number of carbonyl (C=O) groups is 2. The number of anilines is 2. The quantitative estimate of drug-likeness (QED) is 0.574. The van der Waals surface area contributed by atoms with Crippen LogP contribution in [0.1, 0.15) is 31.8 Å². The van der Waals surface area contributed by atoms with Crippen LogP contribution in [0.15, 0.2) is 60.7 Å². The van der Waals surface area contributed by atoms with E-state index in [0.717, 1.165) is 23.8 Å². The van der Waals surface area contributed by atoms with Crippen LogP contribution < -0.4 is 15.4 Å². The molecule has 0 saturated heterocycles. The lowest BCUT2D eigenvalue weighted by Gasteiger charge is -2.11. The van der Waals surface area contributed by atoms with Crippen molar-refractivity contribution >= 4 is 23.2 Å². The molecule has 4 rings (SSSR count). The molecule has 5 nitrogen and oxygen atoms in total. The summed E-state index contributed by atoms with van der Waals surface area (Å²) in [5.41, 5.74) is 0.826. The summed E-state index contributed by atoms with van der Waals surface area (Å²) in [5.74, 6) is -0.375. The number of halogens is 3. The molecule has 1 heterocycles. The second-order valence-corrected chi connectivity index (χ2v) is 6.80. The predicted molar refractivity (Wildman–Crippen MR) is 105 cm³/mol. The molecule has 0 radical (unpaired) electrons. The second-order valence-electron chi connectivity index (χ2n) is 6.80. The van der Waals surface area contributed by atoms with Gasteiger partial charge in [-0.1, -0.05) is 12.1 Å². The van der Waals surface area contributed by atoms with E-state index in [1.807, 2.05) is 13.0 Å². The zero-order valence-electron chi connectivity index (χ0n) is 15.6. The molecular formula is C22H15F3N2O3. The Morgan fingerprint density at radius 2 is 1.77 bits per heavy atom. The SMILES string of the molecule is Cc1ccc2c(c1)NC(=O)c1cc(NC(=O)c3cccc(C(F)(F)F)c3)ccc1O2. The van der Waals surface area contributed by atoms with E-state index in [0.29, 0.717) is 17.2 Å². The number of rotatable bonds is 2. The maximum Gasteiger partial charge on any atom is 0.416 e. The molecule has 0 saturated carbocycles. The number of carbonyl (C=O) groups excluding carboxylic acids is 2. The molecule has 0 atom stereocenters. The van der Waals surface area contributed by atoms with Crippen LogP contribution in [0.2, 0.25) is 0 Å². The summed E-state index contributed by atoms with van der Waals surface area (Å²) in [6, 6.07) is 13.9. The molecule has 0 fully saturated rings. The van der Waals surface area contributed by atoms with Crippen molar-refractivity contribution in [1.29, 1.82) is 0 Å². The zero-order chi connectivity index (χ0) is 21.5. The van der Waals surface area contributed by atoms with Crippen molar-refractivity contribution < 1.29 is 27.5 Å². The van der Waals surface area contributed by atoms with Crippen LogP contribution in [-0.4, -0.2) is 11.8 Å². The minimum Gasteiger partial charge on any atom is -0.454 e. The third-order valence-corrected chi connectivity index (χ3v) is 4.54. The highest BCUT2D eigenvalue weighted by Gasteiger charge is 2.31. The van der Waals surface area contributed by atoms with Gasteiger partial charge in [0.1, 0.15) is 5.75 Å². The van der Waals surface area contributed by atoms with Crippen LogP contribution >= 0.6 is 0 Å². The van der Waals surface area contributed by atoms with Gasteiger partial charge in [0.15, 0.2) is 5.75 Å². The summed E-state index contributed by atoms with van der Waals surface area (Å²) in [4.78, 5) is 25.0. The van der Waals surface area contributed by atoms with Gasteiger partial charge in [-0.15, -0.1) is 0 Å². The molecule has 0 aromatic heterocycles. The molecule has 152 valence electrons. The van der Waals surface area contributed by atoms with Gasteiger partial charge in [0.2, 0.25) is 0 Å². The third-order valence-electron chi connectivity index (χ3n) is 4.54. The molecule has 0 bridgehead atoms. The van der Waals surface area contributed by atoms with E-state index in [1.54, 1.807) is 12.1 Å². The Bertz CT molecular complexity index is 1170. The highest BCUT2D eigenvalue weighted by Crippen LogP contribution is 2.37. The van der Waals surface area contributed by atoms with Crippen LogP contribution in [0.25, 0.3) is 0 Å². The minimum absolute atomic E-state index is 0.150. The van der Waals surface area contributed by atoms with E-state index < -0.39 is 23.6 Å². The van der Waals surface area contributed by atoms with Crippen molar-refractivity contribution in [3.63, 3.8) is 0 Å². The lowest BCUT2D eigenvalue weighted by atomic mass is 10.1. The molecule has 2 amide bonds. The normalized spacial score (nSPS) is 12.7. The Balaban J connectivity index is 1.60. The lowest BCUT2D eigenvalue weighted by Crippen LogP contribution is -2.15. The van der Waals surface area contributed by atoms with Gasteiger partial charge in [0, 0.05) is 11.3 Å². The highest BCUT2D eigenvalue weighted by molar-refractivity contribution is 6.10. The molecule has 0 aliphatic carbocycles. The van der Waals surface area contributed by atoms with Gasteiger partial charge in [-0.25, -0.2) is 0 Å². The molecule has 1 aliphatic heterocycles. The van der Waals surface area contributed by atoms with E-state index in [9.17, 15) is 22.8 Å². The van der Waals surface area contributed by atoms with Crippen molar-refractivity contribution in [2.45, 2.75) is 13.1 Å². The first-order valence-corrected chi connectivity index (χ1v) is 8.93. The average Bonchev–Trinajstić information content (AvgIpc) is 2.83. The Morgan fingerprint density at radius 3 is 2.53 bits per heavy atom. The molecule has 30 heavy (non-hydrogen) atoms. The average molecular weight is 412 g/mol. The number of fused-ring (bicyclic) bond motifs is 2. The first-order valence-electron chi connectivity index (χ1n) is 8.93. The summed E-state index contributed by atoms with van der Waals surface area (Å²) in [6.45, 7) is 1.88. The molecule has 3 aromatic rings. The van der Waals surface area contributed by atoms with Gasteiger partial charge in [0.25, 0.3) is 11.8 Å². The number of hydrogen-bond acceptors (Lipinski definition) is 3. The Kier molecular flexibility index (Phi) is 4.69. The third kappa shape index (κ3) is 3.84. The van der Waals surface area contributed by atoms with Crippen LogP contribution in [0.5, 0.6) is 11.5 Å². The second kappa shape index (κ2) is 7.22. The Labute approximate surface area is 169 Å². The molecule has 8 heteroatoms. The van der Waals surface area contributed by atoms with Gasteiger partial charge in [-0.3, -0.25) is 9.59 Å². The van der Waals surface area contributed by atoms with Crippen molar-refractivity contribution in [2.75, 3.05) is 10.6 Å². The predicted octanol–water partition coefficient (Wildman–Crippen LogP) is 5.62. The lowest BCUT2D eigenvalue weighted by molar-refractivity contribution is -0.137. The smallest absolute Gasteiger partial charge is 0.416 e. The first kappa shape index (κ1) is 19.5. The van der Waals surface area contributed by atoms with Gasteiger partial charge in [-0.05, 0) is 61.0 Å². The zero-order valence-corrected chi connectivity index (χ0v) is 15.6. The minimum atomic E-state index is -4.55. The summed E-state index contributed by atoms with van der Waals surface area (Å²) >= 11 is 0. The number of amides is 2. The van der Waals surface area contributed by atoms with E-state index in [2.05, 4.69) is 10.6 Å². The largest absolute Gasteiger partial charge is 0.454 e. The van der Waals surface area contributed by atoms with E-state index >= 15 is 0 Å². The number of alkyl halides is 3. The topological polar surface area (TPSA) is 67.4 Å². The number of ether oxygens (including phenoxy) is 1. The number of nitrogens with one attached hydrogen (secondary N) is 2. The standard InChI is InChI=1S/C22H15F3N2O3/c1-12-5-7-19-17(9-12)27-21(29)16-11-15(6-8-18(16)30-19)26-20(28)13-3-2-4-14(10-13)22(23,24)25/h2-11H,1H3,(H,26,28)(H,27,29). The maximum absolute atomic E-state index is 12.9. The fourth-order valence-corrected chi connectivity index (χ4v) is 3.05. The first-order chi connectivity index (χ1) is 14.2. The van der Waals surface area contributed by atoms with Crippen molar-refractivity contribution in [1.82, 2.24) is 0 Å². The van der Waals surface area contributed by atoms with Gasteiger partial charge >= 0.3 is 6.18 Å². The monoisotopic (exact) mass is 412 g/mol. The Hall–Kier alpha value is -3.81. The van der Waals surface area contributed by atoms with E-state index in [1.165, 1.54) is 24.3 Å². The van der Waals surface area contributed by atoms with Crippen molar-refractivity contribution in [2.24, 2.45) is 0 Å². The van der Waals surface area contributed by atoms with Crippen LogP contribution in [0.4, 0.5) is 24.5 Å². The van der Waals surface area contributed by atoms with Crippen molar-refractivity contribution in [3.05, 3.63) is 82.9 Å². The Morgan fingerprint density at radius 1 is 1.00 bits per heavy atom. The molecule has 0 spiro atoms. The van der Waals surface area contributed by atoms with Gasteiger partial charge < -0.3 is 15.4 Å². The maximum atomic E-state index is 12.9. The van der Waals surface area contributed by atoms with Gasteiger partial charge in [-0.2, -0.15) is 13.2 Å². The molecular weight excluding hydrogens is 397 g/mol.